The van der Waals surface area contributed by atoms with E-state index in [0.29, 0.717) is 6.04 Å². The standard InChI is InChI=1S/C14H19NO/c1-10(12-3-4-12)15-9-11-2-5-14-13(8-11)6-7-16-14/h2,5,8,10,12,15H,3-4,6-7,9H2,1H3. The van der Waals surface area contributed by atoms with Crippen molar-refractivity contribution in [3.05, 3.63) is 29.3 Å². The van der Waals surface area contributed by atoms with Gasteiger partial charge in [-0.1, -0.05) is 12.1 Å². The molecule has 86 valence electrons. The van der Waals surface area contributed by atoms with Gasteiger partial charge in [-0.2, -0.15) is 0 Å². The van der Waals surface area contributed by atoms with Gasteiger partial charge in [-0.15, -0.1) is 0 Å². The number of fused-ring (bicyclic) bond motifs is 1. The topological polar surface area (TPSA) is 21.3 Å². The van der Waals surface area contributed by atoms with Crippen LogP contribution < -0.4 is 10.1 Å². The third-order valence-corrected chi connectivity index (χ3v) is 3.71. The average molecular weight is 217 g/mol. The van der Waals surface area contributed by atoms with Crippen LogP contribution in [0.15, 0.2) is 18.2 Å². The molecule has 1 saturated carbocycles. The zero-order valence-electron chi connectivity index (χ0n) is 9.83. The van der Waals surface area contributed by atoms with Gasteiger partial charge in [0.05, 0.1) is 6.61 Å². The highest BCUT2D eigenvalue weighted by Gasteiger charge is 2.27. The average Bonchev–Trinajstić information content (AvgIpc) is 3.04. The van der Waals surface area contributed by atoms with Crippen molar-refractivity contribution in [1.82, 2.24) is 5.32 Å². The molecule has 2 nitrogen and oxygen atoms in total. The highest BCUT2D eigenvalue weighted by molar-refractivity contribution is 5.39. The zero-order valence-corrected chi connectivity index (χ0v) is 9.83. The molecule has 1 fully saturated rings. The van der Waals surface area contributed by atoms with Crippen LogP contribution in [0.5, 0.6) is 5.75 Å². The van der Waals surface area contributed by atoms with E-state index in [1.165, 1.54) is 24.0 Å². The van der Waals surface area contributed by atoms with Gasteiger partial charge in [0.15, 0.2) is 0 Å². The van der Waals surface area contributed by atoms with E-state index in [2.05, 4.69) is 30.4 Å². The van der Waals surface area contributed by atoms with Crippen molar-refractivity contribution in [3.63, 3.8) is 0 Å². The lowest BCUT2D eigenvalue weighted by molar-refractivity contribution is 0.357. The first kappa shape index (κ1) is 10.2. The summed E-state index contributed by atoms with van der Waals surface area (Å²) in [4.78, 5) is 0. The number of hydrogen-bond acceptors (Lipinski definition) is 2. The molecule has 0 bridgehead atoms. The van der Waals surface area contributed by atoms with E-state index in [0.717, 1.165) is 31.2 Å². The Bertz CT molecular complexity index is 384. The zero-order chi connectivity index (χ0) is 11.0. The Morgan fingerprint density at radius 1 is 1.44 bits per heavy atom. The number of nitrogens with one attached hydrogen (secondary N) is 1. The van der Waals surface area contributed by atoms with Crippen LogP contribution in [0.4, 0.5) is 0 Å². The molecule has 1 heterocycles. The molecule has 3 rings (SSSR count). The number of benzene rings is 1. The third kappa shape index (κ3) is 2.07. The van der Waals surface area contributed by atoms with E-state index in [1.54, 1.807) is 0 Å². The van der Waals surface area contributed by atoms with E-state index >= 15 is 0 Å². The quantitative estimate of drug-likeness (QED) is 0.836. The maximum atomic E-state index is 5.51. The minimum absolute atomic E-state index is 0.671. The molecule has 1 unspecified atom stereocenters. The van der Waals surface area contributed by atoms with Crippen LogP contribution in [0, 0.1) is 5.92 Å². The molecule has 0 amide bonds. The van der Waals surface area contributed by atoms with Crippen molar-refractivity contribution in [2.75, 3.05) is 6.61 Å². The fourth-order valence-electron chi connectivity index (χ4n) is 2.39. The van der Waals surface area contributed by atoms with E-state index in [1.807, 2.05) is 0 Å². The Kier molecular flexibility index (Phi) is 2.60. The van der Waals surface area contributed by atoms with E-state index < -0.39 is 0 Å². The summed E-state index contributed by atoms with van der Waals surface area (Å²) in [5.74, 6) is 2.01. The Hall–Kier alpha value is -1.02. The van der Waals surface area contributed by atoms with Gasteiger partial charge in [-0.3, -0.25) is 0 Å². The predicted molar refractivity (Wildman–Crippen MR) is 64.7 cm³/mol. The Labute approximate surface area is 97.0 Å². The molecule has 2 heteroatoms. The molecule has 0 spiro atoms. The summed E-state index contributed by atoms with van der Waals surface area (Å²) in [7, 11) is 0. The second kappa shape index (κ2) is 4.10. The molecule has 2 aliphatic rings. The number of hydrogen-bond donors (Lipinski definition) is 1. The van der Waals surface area contributed by atoms with Crippen molar-refractivity contribution < 1.29 is 4.74 Å². The second-order valence-electron chi connectivity index (χ2n) is 5.05. The molecule has 0 aromatic heterocycles. The molecule has 16 heavy (non-hydrogen) atoms. The van der Waals surface area contributed by atoms with Gasteiger partial charge >= 0.3 is 0 Å². The first-order valence-electron chi connectivity index (χ1n) is 6.31. The highest BCUT2D eigenvalue weighted by atomic mass is 16.5. The van der Waals surface area contributed by atoms with Crippen molar-refractivity contribution in [2.45, 2.75) is 38.8 Å². The smallest absolute Gasteiger partial charge is 0.122 e. The molecular formula is C14H19NO. The minimum atomic E-state index is 0.671. The second-order valence-corrected chi connectivity index (χ2v) is 5.05. The van der Waals surface area contributed by atoms with Gasteiger partial charge in [0.1, 0.15) is 5.75 Å². The van der Waals surface area contributed by atoms with Gasteiger partial charge in [-0.05, 0) is 42.9 Å². The summed E-state index contributed by atoms with van der Waals surface area (Å²) >= 11 is 0. The molecule has 1 aliphatic carbocycles. The Morgan fingerprint density at radius 2 is 2.31 bits per heavy atom. The fourth-order valence-corrected chi connectivity index (χ4v) is 2.39. The maximum absolute atomic E-state index is 5.51. The Balaban J connectivity index is 1.61. The van der Waals surface area contributed by atoms with Gasteiger partial charge in [0, 0.05) is 19.0 Å². The maximum Gasteiger partial charge on any atom is 0.122 e. The van der Waals surface area contributed by atoms with Gasteiger partial charge in [0.25, 0.3) is 0 Å². The SMILES string of the molecule is CC(NCc1ccc2c(c1)CCO2)C1CC1. The summed E-state index contributed by atoms with van der Waals surface area (Å²) in [6.07, 6.45) is 3.89. The molecular weight excluding hydrogens is 198 g/mol. The highest BCUT2D eigenvalue weighted by Crippen LogP contribution is 2.32. The monoisotopic (exact) mass is 217 g/mol. The normalized spacial score (nSPS) is 20.3. The molecule has 1 N–H and O–H groups in total. The van der Waals surface area contributed by atoms with Crippen LogP contribution >= 0.6 is 0 Å². The largest absolute Gasteiger partial charge is 0.493 e. The van der Waals surface area contributed by atoms with Crippen molar-refractivity contribution >= 4 is 0 Å². The summed E-state index contributed by atoms with van der Waals surface area (Å²) in [6.45, 7) is 4.14. The summed E-state index contributed by atoms with van der Waals surface area (Å²) in [6, 6.07) is 7.25. The summed E-state index contributed by atoms with van der Waals surface area (Å²) in [5, 5.41) is 3.61. The molecule has 1 aromatic carbocycles. The van der Waals surface area contributed by atoms with Crippen molar-refractivity contribution in [1.29, 1.82) is 0 Å². The molecule has 0 saturated heterocycles. The van der Waals surface area contributed by atoms with Crippen LogP contribution in [-0.4, -0.2) is 12.6 Å². The summed E-state index contributed by atoms with van der Waals surface area (Å²) < 4.78 is 5.51. The lowest BCUT2D eigenvalue weighted by atomic mass is 10.1. The first-order valence-corrected chi connectivity index (χ1v) is 6.31. The third-order valence-electron chi connectivity index (χ3n) is 3.71. The molecule has 1 atom stereocenters. The van der Waals surface area contributed by atoms with Crippen LogP contribution in [0.1, 0.15) is 30.9 Å². The van der Waals surface area contributed by atoms with Crippen molar-refractivity contribution in [2.24, 2.45) is 5.92 Å². The van der Waals surface area contributed by atoms with E-state index in [9.17, 15) is 0 Å². The van der Waals surface area contributed by atoms with E-state index in [-0.39, 0.29) is 0 Å². The number of rotatable bonds is 4. The fraction of sp³-hybridized carbons (Fsp3) is 0.571. The van der Waals surface area contributed by atoms with Crippen LogP contribution in [0.2, 0.25) is 0 Å². The van der Waals surface area contributed by atoms with Crippen molar-refractivity contribution in [3.8, 4) is 5.75 Å². The van der Waals surface area contributed by atoms with Crippen LogP contribution in [0.3, 0.4) is 0 Å². The lowest BCUT2D eigenvalue weighted by Gasteiger charge is -2.13. The molecule has 1 aliphatic heterocycles. The first-order chi connectivity index (χ1) is 7.83. The van der Waals surface area contributed by atoms with Gasteiger partial charge in [-0.25, -0.2) is 0 Å². The van der Waals surface area contributed by atoms with Crippen LogP contribution in [-0.2, 0) is 13.0 Å². The van der Waals surface area contributed by atoms with Gasteiger partial charge in [0.2, 0.25) is 0 Å². The number of ether oxygens (including phenoxy) is 1. The van der Waals surface area contributed by atoms with Crippen LogP contribution in [0.25, 0.3) is 0 Å². The molecule has 1 aromatic rings. The lowest BCUT2D eigenvalue weighted by Crippen LogP contribution is -2.27. The predicted octanol–water partition coefficient (Wildman–Crippen LogP) is 2.51. The Morgan fingerprint density at radius 3 is 3.12 bits per heavy atom. The van der Waals surface area contributed by atoms with E-state index in [4.69, 9.17) is 4.74 Å². The minimum Gasteiger partial charge on any atom is -0.493 e. The summed E-state index contributed by atoms with van der Waals surface area (Å²) in [5.41, 5.74) is 2.76. The van der Waals surface area contributed by atoms with Gasteiger partial charge < -0.3 is 10.1 Å². The molecule has 0 radical (unpaired) electrons.